The van der Waals surface area contributed by atoms with Gasteiger partial charge in [0.1, 0.15) is 0 Å². The maximum atomic E-state index is 12.5. The molecule has 1 amide bonds. The summed E-state index contributed by atoms with van der Waals surface area (Å²) in [5.41, 5.74) is 4.85. The molecule has 0 aliphatic rings. The smallest absolute Gasteiger partial charge is 0.254 e. The molecule has 28 heavy (non-hydrogen) atoms. The van der Waals surface area contributed by atoms with Gasteiger partial charge in [0, 0.05) is 18.1 Å². The minimum atomic E-state index is -0.193. The van der Waals surface area contributed by atoms with Crippen LogP contribution in [-0.2, 0) is 0 Å². The van der Waals surface area contributed by atoms with Crippen LogP contribution in [0.2, 0.25) is 0 Å². The molecule has 0 aliphatic heterocycles. The summed E-state index contributed by atoms with van der Waals surface area (Å²) in [6.07, 6.45) is 3.10. The third-order valence-corrected chi connectivity index (χ3v) is 4.73. The van der Waals surface area contributed by atoms with Crippen molar-refractivity contribution < 1.29 is 4.79 Å². The number of para-hydroxylation sites is 1. The molecule has 3 rings (SSSR count). The van der Waals surface area contributed by atoms with Crippen LogP contribution in [0.4, 0.5) is 11.6 Å². The largest absolute Gasteiger partial charge is 0.345 e. The SMILES string of the molecule is Cc1cccc(C(C)C)c1Nc1ncc(C(=O)NC(C)c2ccccc2)cn1. The van der Waals surface area contributed by atoms with Crippen LogP contribution in [0, 0.1) is 6.92 Å². The van der Waals surface area contributed by atoms with E-state index in [1.165, 1.54) is 5.56 Å². The van der Waals surface area contributed by atoms with Crippen molar-refractivity contribution >= 4 is 17.5 Å². The summed E-state index contributed by atoms with van der Waals surface area (Å²) in [6.45, 7) is 8.32. The molecular formula is C23H26N4O. The maximum Gasteiger partial charge on any atom is 0.254 e. The number of hydrogen-bond donors (Lipinski definition) is 2. The van der Waals surface area contributed by atoms with E-state index < -0.39 is 0 Å². The number of anilines is 2. The summed E-state index contributed by atoms with van der Waals surface area (Å²) in [4.78, 5) is 21.2. The van der Waals surface area contributed by atoms with Crippen molar-refractivity contribution in [2.45, 2.75) is 39.7 Å². The third kappa shape index (κ3) is 4.55. The fraction of sp³-hybridized carbons (Fsp3) is 0.261. The molecule has 2 N–H and O–H groups in total. The Morgan fingerprint density at radius 3 is 2.25 bits per heavy atom. The minimum absolute atomic E-state index is 0.0907. The lowest BCUT2D eigenvalue weighted by Gasteiger charge is -2.16. The summed E-state index contributed by atoms with van der Waals surface area (Å²) in [7, 11) is 0. The Hall–Kier alpha value is -3.21. The van der Waals surface area contributed by atoms with Crippen LogP contribution in [0.25, 0.3) is 0 Å². The van der Waals surface area contributed by atoms with E-state index >= 15 is 0 Å². The van der Waals surface area contributed by atoms with E-state index in [-0.39, 0.29) is 11.9 Å². The summed E-state index contributed by atoms with van der Waals surface area (Å²) in [5.74, 6) is 0.664. The first-order chi connectivity index (χ1) is 13.5. The molecule has 2 aromatic carbocycles. The molecule has 0 saturated heterocycles. The van der Waals surface area contributed by atoms with Crippen molar-refractivity contribution in [1.29, 1.82) is 0 Å². The van der Waals surface area contributed by atoms with Gasteiger partial charge in [0.15, 0.2) is 0 Å². The molecule has 5 nitrogen and oxygen atoms in total. The Bertz CT molecular complexity index is 937. The number of hydrogen-bond acceptors (Lipinski definition) is 4. The van der Waals surface area contributed by atoms with Gasteiger partial charge < -0.3 is 10.6 Å². The van der Waals surface area contributed by atoms with Crippen LogP contribution in [0.1, 0.15) is 59.8 Å². The van der Waals surface area contributed by atoms with Gasteiger partial charge >= 0.3 is 0 Å². The van der Waals surface area contributed by atoms with E-state index in [2.05, 4.69) is 59.6 Å². The number of aromatic nitrogens is 2. The van der Waals surface area contributed by atoms with Crippen LogP contribution in [-0.4, -0.2) is 15.9 Å². The second kappa shape index (κ2) is 8.65. The summed E-state index contributed by atoms with van der Waals surface area (Å²) in [6, 6.07) is 16.0. The molecule has 0 aliphatic carbocycles. The zero-order chi connectivity index (χ0) is 20.1. The zero-order valence-corrected chi connectivity index (χ0v) is 16.7. The fourth-order valence-corrected chi connectivity index (χ4v) is 3.07. The van der Waals surface area contributed by atoms with E-state index in [1.54, 1.807) is 12.4 Å². The van der Waals surface area contributed by atoms with Crippen molar-refractivity contribution in [3.63, 3.8) is 0 Å². The van der Waals surface area contributed by atoms with E-state index in [0.717, 1.165) is 16.8 Å². The van der Waals surface area contributed by atoms with Gasteiger partial charge in [0.25, 0.3) is 5.91 Å². The molecule has 1 heterocycles. The van der Waals surface area contributed by atoms with Crippen molar-refractivity contribution in [2.24, 2.45) is 0 Å². The highest BCUT2D eigenvalue weighted by molar-refractivity contribution is 5.94. The highest BCUT2D eigenvalue weighted by atomic mass is 16.1. The summed E-state index contributed by atoms with van der Waals surface area (Å²) >= 11 is 0. The van der Waals surface area contributed by atoms with Gasteiger partial charge in [0.2, 0.25) is 5.95 Å². The number of nitrogens with one attached hydrogen (secondary N) is 2. The van der Waals surface area contributed by atoms with Crippen LogP contribution < -0.4 is 10.6 Å². The van der Waals surface area contributed by atoms with Gasteiger partial charge in [0.05, 0.1) is 11.6 Å². The Morgan fingerprint density at radius 1 is 0.929 bits per heavy atom. The van der Waals surface area contributed by atoms with Gasteiger partial charge in [-0.1, -0.05) is 62.4 Å². The quantitative estimate of drug-likeness (QED) is 0.627. The number of aryl methyl sites for hydroxylation is 1. The second-order valence-electron chi connectivity index (χ2n) is 7.22. The predicted molar refractivity (Wildman–Crippen MR) is 113 cm³/mol. The molecule has 0 radical (unpaired) electrons. The molecule has 5 heteroatoms. The van der Waals surface area contributed by atoms with E-state index in [9.17, 15) is 4.79 Å². The van der Waals surface area contributed by atoms with Gasteiger partial charge in [-0.2, -0.15) is 0 Å². The molecule has 0 fully saturated rings. The Labute approximate surface area is 166 Å². The first-order valence-electron chi connectivity index (χ1n) is 9.50. The van der Waals surface area contributed by atoms with Gasteiger partial charge in [-0.05, 0) is 36.5 Å². The van der Waals surface area contributed by atoms with Crippen LogP contribution >= 0.6 is 0 Å². The van der Waals surface area contributed by atoms with E-state index in [4.69, 9.17) is 0 Å². The first-order valence-corrected chi connectivity index (χ1v) is 9.50. The highest BCUT2D eigenvalue weighted by Gasteiger charge is 2.14. The summed E-state index contributed by atoms with van der Waals surface area (Å²) < 4.78 is 0. The van der Waals surface area contributed by atoms with Crippen molar-refractivity contribution in [3.05, 3.63) is 83.2 Å². The predicted octanol–water partition coefficient (Wildman–Crippen LogP) is 5.14. The number of carbonyl (C=O) groups excluding carboxylic acids is 1. The van der Waals surface area contributed by atoms with Gasteiger partial charge in [-0.25, -0.2) is 9.97 Å². The number of carbonyl (C=O) groups is 1. The topological polar surface area (TPSA) is 66.9 Å². The van der Waals surface area contributed by atoms with Crippen LogP contribution in [0.15, 0.2) is 60.9 Å². The highest BCUT2D eigenvalue weighted by Crippen LogP contribution is 2.29. The molecule has 3 aromatic rings. The normalized spacial score (nSPS) is 11.9. The summed E-state index contributed by atoms with van der Waals surface area (Å²) in [5, 5.41) is 6.28. The molecule has 1 unspecified atom stereocenters. The van der Waals surface area contributed by atoms with Crippen molar-refractivity contribution in [3.8, 4) is 0 Å². The molecule has 0 saturated carbocycles. The van der Waals surface area contributed by atoms with Crippen LogP contribution in [0.3, 0.4) is 0 Å². The molecular weight excluding hydrogens is 348 g/mol. The lowest BCUT2D eigenvalue weighted by molar-refractivity contribution is 0.0939. The standard InChI is InChI=1S/C23H26N4O/c1-15(2)20-12-8-9-16(3)21(20)27-23-24-13-19(14-25-23)22(28)26-17(4)18-10-6-5-7-11-18/h5-15,17H,1-4H3,(H,26,28)(H,24,25,27). The monoisotopic (exact) mass is 374 g/mol. The van der Waals surface area contributed by atoms with Crippen molar-refractivity contribution in [1.82, 2.24) is 15.3 Å². The number of benzene rings is 2. The molecule has 1 aromatic heterocycles. The third-order valence-electron chi connectivity index (χ3n) is 4.73. The fourth-order valence-electron chi connectivity index (χ4n) is 3.07. The Kier molecular flexibility index (Phi) is 6.04. The zero-order valence-electron chi connectivity index (χ0n) is 16.7. The van der Waals surface area contributed by atoms with Crippen LogP contribution in [0.5, 0.6) is 0 Å². The number of nitrogens with zero attached hydrogens (tertiary/aromatic N) is 2. The average Bonchev–Trinajstić information content (AvgIpc) is 2.70. The number of amides is 1. The molecule has 0 spiro atoms. The van der Waals surface area contributed by atoms with Gasteiger partial charge in [-0.3, -0.25) is 4.79 Å². The molecule has 0 bridgehead atoms. The lowest BCUT2D eigenvalue weighted by atomic mass is 9.98. The van der Waals surface area contributed by atoms with Crippen molar-refractivity contribution in [2.75, 3.05) is 5.32 Å². The lowest BCUT2D eigenvalue weighted by Crippen LogP contribution is -2.26. The van der Waals surface area contributed by atoms with Gasteiger partial charge in [-0.15, -0.1) is 0 Å². The first kappa shape index (κ1) is 19.5. The maximum absolute atomic E-state index is 12.5. The van der Waals surface area contributed by atoms with E-state index in [1.807, 2.05) is 37.3 Å². The Balaban J connectivity index is 1.71. The van der Waals surface area contributed by atoms with E-state index in [0.29, 0.717) is 17.4 Å². The minimum Gasteiger partial charge on any atom is -0.345 e. The molecule has 144 valence electrons. The molecule has 1 atom stereocenters. The Morgan fingerprint density at radius 2 is 1.61 bits per heavy atom. The average molecular weight is 374 g/mol. The second-order valence-corrected chi connectivity index (χ2v) is 7.22. The number of rotatable bonds is 6.